The minimum absolute atomic E-state index is 0.0894. The second kappa shape index (κ2) is 2.55. The number of nitrogens with zero attached hydrogens (tertiary/aromatic N) is 1. The van der Waals surface area contributed by atoms with E-state index < -0.39 is 5.92 Å². The molecule has 1 heterocycles. The van der Waals surface area contributed by atoms with E-state index in [1.807, 2.05) is 0 Å². The standard InChI is InChI=1S/C6H6BrF2NO/c1-3-4(6(2,8)9)11-5(7)10-3/h1-2H3. The van der Waals surface area contributed by atoms with Crippen molar-refractivity contribution in [1.82, 2.24) is 4.98 Å². The molecule has 0 aliphatic heterocycles. The summed E-state index contributed by atoms with van der Waals surface area (Å²) in [4.78, 5) is 3.74. The lowest BCUT2D eigenvalue weighted by atomic mass is 10.2. The Bertz CT molecular complexity index is 266. The number of aromatic nitrogens is 1. The van der Waals surface area contributed by atoms with Gasteiger partial charge in [0.15, 0.2) is 5.76 Å². The first kappa shape index (κ1) is 8.64. The fraction of sp³-hybridized carbons (Fsp3) is 0.500. The minimum atomic E-state index is -2.96. The smallest absolute Gasteiger partial charge is 0.303 e. The highest BCUT2D eigenvalue weighted by molar-refractivity contribution is 9.10. The van der Waals surface area contributed by atoms with Crippen LogP contribution in [0.4, 0.5) is 8.78 Å². The molecule has 0 bridgehead atoms. The molecule has 0 unspecified atom stereocenters. The van der Waals surface area contributed by atoms with Gasteiger partial charge in [-0.2, -0.15) is 8.78 Å². The monoisotopic (exact) mass is 225 g/mol. The lowest BCUT2D eigenvalue weighted by Gasteiger charge is -2.05. The minimum Gasteiger partial charge on any atom is -0.429 e. The Hall–Kier alpha value is -0.450. The Morgan fingerprint density at radius 1 is 1.55 bits per heavy atom. The third-order valence-electron chi connectivity index (χ3n) is 1.17. The Balaban J connectivity index is 3.13. The van der Waals surface area contributed by atoms with Crippen LogP contribution in [0.5, 0.6) is 0 Å². The zero-order valence-electron chi connectivity index (χ0n) is 5.99. The van der Waals surface area contributed by atoms with Crippen molar-refractivity contribution >= 4 is 15.9 Å². The van der Waals surface area contributed by atoms with E-state index in [-0.39, 0.29) is 16.3 Å². The molecule has 0 atom stereocenters. The molecule has 0 fully saturated rings. The first-order valence-electron chi connectivity index (χ1n) is 2.92. The van der Waals surface area contributed by atoms with Crippen LogP contribution < -0.4 is 0 Å². The Morgan fingerprint density at radius 2 is 2.09 bits per heavy atom. The highest BCUT2D eigenvalue weighted by atomic mass is 79.9. The first-order chi connectivity index (χ1) is 4.91. The highest BCUT2D eigenvalue weighted by Gasteiger charge is 2.31. The number of oxazole rings is 1. The Labute approximate surface area is 70.7 Å². The van der Waals surface area contributed by atoms with Gasteiger partial charge < -0.3 is 4.42 Å². The predicted octanol–water partition coefficient (Wildman–Crippen LogP) is 2.86. The summed E-state index contributed by atoms with van der Waals surface area (Å²) < 4.78 is 29.8. The van der Waals surface area contributed by atoms with Crippen LogP contribution in [0, 0.1) is 6.92 Å². The van der Waals surface area contributed by atoms with Gasteiger partial charge in [0.25, 0.3) is 4.80 Å². The predicted molar refractivity (Wildman–Crippen MR) is 38.5 cm³/mol. The molecule has 0 radical (unpaired) electrons. The molecular formula is C6H6BrF2NO. The molecule has 0 saturated heterocycles. The molecule has 0 aliphatic rings. The van der Waals surface area contributed by atoms with Gasteiger partial charge in [0.2, 0.25) is 0 Å². The van der Waals surface area contributed by atoms with Crippen molar-refractivity contribution < 1.29 is 13.2 Å². The SMILES string of the molecule is Cc1nc(Br)oc1C(C)(F)F. The molecule has 0 aromatic carbocycles. The van der Waals surface area contributed by atoms with E-state index in [9.17, 15) is 8.78 Å². The number of rotatable bonds is 1. The van der Waals surface area contributed by atoms with Crippen molar-refractivity contribution in [2.24, 2.45) is 0 Å². The first-order valence-corrected chi connectivity index (χ1v) is 3.72. The fourth-order valence-electron chi connectivity index (χ4n) is 0.771. The zero-order valence-corrected chi connectivity index (χ0v) is 7.58. The highest BCUT2D eigenvalue weighted by Crippen LogP contribution is 2.31. The molecular weight excluding hydrogens is 220 g/mol. The van der Waals surface area contributed by atoms with Crippen LogP contribution in [-0.4, -0.2) is 4.98 Å². The van der Waals surface area contributed by atoms with Gasteiger partial charge >= 0.3 is 5.92 Å². The van der Waals surface area contributed by atoms with Gasteiger partial charge in [0.1, 0.15) is 0 Å². The topological polar surface area (TPSA) is 26.0 Å². The molecule has 62 valence electrons. The molecule has 0 amide bonds. The van der Waals surface area contributed by atoms with Gasteiger partial charge in [-0.1, -0.05) is 0 Å². The summed E-state index contributed by atoms with van der Waals surface area (Å²) in [5, 5.41) is 0. The maximum atomic E-state index is 12.6. The second-order valence-corrected chi connectivity index (χ2v) is 2.95. The van der Waals surface area contributed by atoms with E-state index in [4.69, 9.17) is 0 Å². The molecule has 0 aliphatic carbocycles. The van der Waals surface area contributed by atoms with Crippen LogP contribution in [0.25, 0.3) is 0 Å². The molecule has 1 aromatic heterocycles. The van der Waals surface area contributed by atoms with Gasteiger partial charge in [-0.25, -0.2) is 4.98 Å². The van der Waals surface area contributed by atoms with E-state index >= 15 is 0 Å². The van der Waals surface area contributed by atoms with Crippen molar-refractivity contribution in [3.05, 3.63) is 16.3 Å². The number of aryl methyl sites for hydroxylation is 1. The number of alkyl halides is 2. The number of halogens is 3. The average molecular weight is 226 g/mol. The number of hydrogen-bond donors (Lipinski definition) is 0. The van der Waals surface area contributed by atoms with E-state index in [1.165, 1.54) is 6.92 Å². The van der Waals surface area contributed by atoms with Gasteiger partial charge in [-0.15, -0.1) is 0 Å². The largest absolute Gasteiger partial charge is 0.429 e. The molecule has 2 nitrogen and oxygen atoms in total. The quantitative estimate of drug-likeness (QED) is 0.735. The second-order valence-electron chi connectivity index (χ2n) is 2.27. The summed E-state index contributed by atoms with van der Waals surface area (Å²) in [7, 11) is 0. The molecule has 1 rings (SSSR count). The van der Waals surface area contributed by atoms with E-state index in [2.05, 4.69) is 25.3 Å². The van der Waals surface area contributed by atoms with Crippen LogP contribution in [-0.2, 0) is 5.92 Å². The summed E-state index contributed by atoms with van der Waals surface area (Å²) in [6, 6.07) is 0. The Kier molecular flexibility index (Phi) is 2.00. The summed E-state index contributed by atoms with van der Waals surface area (Å²) in [5.41, 5.74) is 0.212. The van der Waals surface area contributed by atoms with Crippen molar-refractivity contribution in [3.63, 3.8) is 0 Å². The molecule has 0 saturated carbocycles. The lowest BCUT2D eigenvalue weighted by Crippen LogP contribution is -2.06. The third kappa shape index (κ3) is 1.77. The lowest BCUT2D eigenvalue weighted by molar-refractivity contribution is -0.00682. The van der Waals surface area contributed by atoms with Crippen molar-refractivity contribution in [1.29, 1.82) is 0 Å². The number of hydrogen-bond acceptors (Lipinski definition) is 2. The summed E-state index contributed by atoms with van der Waals surface area (Å²) in [5.74, 6) is -3.34. The zero-order chi connectivity index (χ0) is 8.65. The van der Waals surface area contributed by atoms with E-state index in [0.717, 1.165) is 6.92 Å². The van der Waals surface area contributed by atoms with E-state index in [1.54, 1.807) is 0 Å². The van der Waals surface area contributed by atoms with Gasteiger partial charge in [0, 0.05) is 22.9 Å². The fourth-order valence-corrected chi connectivity index (χ4v) is 1.20. The third-order valence-corrected chi connectivity index (χ3v) is 1.51. The van der Waals surface area contributed by atoms with E-state index in [0.29, 0.717) is 0 Å². The Morgan fingerprint density at radius 3 is 2.27 bits per heavy atom. The summed E-state index contributed by atoms with van der Waals surface area (Å²) in [6.07, 6.45) is 0. The molecule has 11 heavy (non-hydrogen) atoms. The maximum Gasteiger partial charge on any atom is 0.303 e. The van der Waals surface area contributed by atoms with Gasteiger partial charge in [0.05, 0.1) is 5.69 Å². The van der Waals surface area contributed by atoms with Crippen LogP contribution in [0.2, 0.25) is 0 Å². The van der Waals surface area contributed by atoms with Crippen molar-refractivity contribution in [2.45, 2.75) is 19.8 Å². The van der Waals surface area contributed by atoms with Crippen LogP contribution in [0.3, 0.4) is 0 Å². The van der Waals surface area contributed by atoms with Crippen LogP contribution >= 0.6 is 15.9 Å². The molecule has 5 heteroatoms. The normalized spacial score (nSPS) is 12.1. The van der Waals surface area contributed by atoms with Crippen LogP contribution in [0.15, 0.2) is 9.22 Å². The van der Waals surface area contributed by atoms with Crippen molar-refractivity contribution in [3.8, 4) is 0 Å². The average Bonchev–Trinajstić information content (AvgIpc) is 2.08. The van der Waals surface area contributed by atoms with Crippen molar-refractivity contribution in [2.75, 3.05) is 0 Å². The summed E-state index contributed by atoms with van der Waals surface area (Å²) >= 11 is 2.86. The van der Waals surface area contributed by atoms with Gasteiger partial charge in [-0.05, 0) is 6.92 Å². The molecule has 1 aromatic rings. The molecule has 0 spiro atoms. The van der Waals surface area contributed by atoms with Gasteiger partial charge in [-0.3, -0.25) is 0 Å². The molecule has 0 N–H and O–H groups in total. The summed E-state index contributed by atoms with van der Waals surface area (Å²) in [6.45, 7) is 2.24. The van der Waals surface area contributed by atoms with Crippen LogP contribution in [0.1, 0.15) is 18.4 Å². The maximum absolute atomic E-state index is 12.6.